The van der Waals surface area contributed by atoms with Crippen molar-refractivity contribution in [3.63, 3.8) is 0 Å². The Bertz CT molecular complexity index is 1580. The third-order valence-electron chi connectivity index (χ3n) is 5.36. The molecule has 6 nitrogen and oxygen atoms in total. The van der Waals surface area contributed by atoms with E-state index >= 15 is 0 Å². The molecule has 0 unspecified atom stereocenters. The normalized spacial score (nSPS) is 9.72. The van der Waals surface area contributed by atoms with Crippen LogP contribution in [0.5, 0.6) is 0 Å². The molecule has 2 aromatic carbocycles. The molecule has 200 valence electrons. The van der Waals surface area contributed by atoms with Gasteiger partial charge in [-0.25, -0.2) is 18.7 Å². The van der Waals surface area contributed by atoms with Crippen molar-refractivity contribution in [2.45, 2.75) is 27.7 Å². The van der Waals surface area contributed by atoms with Crippen molar-refractivity contribution in [2.75, 3.05) is 11.1 Å². The van der Waals surface area contributed by atoms with Gasteiger partial charge in [-0.1, -0.05) is 46.9 Å². The number of nitriles is 2. The quantitative estimate of drug-likeness (QED) is 0.180. The Hall–Kier alpha value is -3.95. The Morgan fingerprint density at radius 3 is 1.72 bits per heavy atom. The summed E-state index contributed by atoms with van der Waals surface area (Å²) in [4.78, 5) is 7.23. The first-order chi connectivity index (χ1) is 18.4. The zero-order chi connectivity index (χ0) is 29.3. The van der Waals surface area contributed by atoms with Gasteiger partial charge in [-0.3, -0.25) is 0 Å². The molecule has 2 heterocycles. The van der Waals surface area contributed by atoms with Crippen LogP contribution in [0.1, 0.15) is 33.4 Å². The van der Waals surface area contributed by atoms with Gasteiger partial charge in [-0.2, -0.15) is 10.5 Å². The molecule has 0 aliphatic carbocycles. The summed E-state index contributed by atoms with van der Waals surface area (Å²) < 4.78 is 26.3. The highest BCUT2D eigenvalue weighted by atomic mass is 35.5. The summed E-state index contributed by atoms with van der Waals surface area (Å²) in [7, 11) is 0. The van der Waals surface area contributed by atoms with Gasteiger partial charge in [0.15, 0.2) is 22.6 Å². The van der Waals surface area contributed by atoms with Crippen molar-refractivity contribution in [1.82, 2.24) is 9.97 Å². The molecule has 0 aliphatic heterocycles. The molecular weight excluding hydrogens is 565 g/mol. The lowest BCUT2D eigenvalue weighted by molar-refractivity contribution is 0.621. The molecule has 0 spiro atoms. The number of nitrogens with zero attached hydrogens (tertiary/aromatic N) is 4. The molecule has 39 heavy (non-hydrogen) atoms. The number of hydrogen-bond acceptors (Lipinski definition) is 6. The van der Waals surface area contributed by atoms with Crippen LogP contribution in [0.4, 0.5) is 26.0 Å². The van der Waals surface area contributed by atoms with Crippen molar-refractivity contribution >= 4 is 52.0 Å². The number of nitrogens with one attached hydrogen (secondary N) is 1. The third-order valence-corrected chi connectivity index (χ3v) is 6.20. The summed E-state index contributed by atoms with van der Waals surface area (Å²) in [6, 6.07) is 17.0. The van der Waals surface area contributed by atoms with Gasteiger partial charge < -0.3 is 11.1 Å². The van der Waals surface area contributed by atoms with Crippen LogP contribution in [0.3, 0.4) is 0 Å². The molecule has 0 atom stereocenters. The fourth-order valence-electron chi connectivity index (χ4n) is 2.88. The van der Waals surface area contributed by atoms with E-state index in [0.29, 0.717) is 0 Å². The minimum Gasteiger partial charge on any atom is -0.399 e. The van der Waals surface area contributed by atoms with E-state index in [4.69, 9.17) is 51.1 Å². The highest BCUT2D eigenvalue weighted by Crippen LogP contribution is 2.24. The molecule has 2 aromatic heterocycles. The van der Waals surface area contributed by atoms with E-state index in [0.717, 1.165) is 34.6 Å². The number of pyridine rings is 2. The lowest BCUT2D eigenvalue weighted by Crippen LogP contribution is -1.99. The number of nitrogen functional groups attached to an aromatic ring is 1. The SMILES string of the molecule is Cc1ccc(N)cc1C.Cc1ccc(Nc2nc(Cl)c(C#N)cc2F)cc1C.N#Cc1cc(F)c(Cl)nc1Cl. The summed E-state index contributed by atoms with van der Waals surface area (Å²) >= 11 is 16.5. The summed E-state index contributed by atoms with van der Waals surface area (Å²) in [5.74, 6) is -1.35. The van der Waals surface area contributed by atoms with E-state index < -0.39 is 11.6 Å². The highest BCUT2D eigenvalue weighted by molar-refractivity contribution is 6.33. The zero-order valence-corrected chi connectivity index (χ0v) is 23.6. The number of benzene rings is 2. The first kappa shape index (κ1) is 31.3. The van der Waals surface area contributed by atoms with Crippen LogP contribution in [-0.4, -0.2) is 9.97 Å². The van der Waals surface area contributed by atoms with E-state index in [-0.39, 0.29) is 32.4 Å². The number of rotatable bonds is 2. The van der Waals surface area contributed by atoms with Crippen LogP contribution in [0.2, 0.25) is 15.5 Å². The number of halogens is 5. The van der Waals surface area contributed by atoms with Crippen LogP contribution in [0, 0.1) is 62.0 Å². The molecule has 3 N–H and O–H groups in total. The molecule has 0 saturated carbocycles. The third kappa shape index (κ3) is 9.08. The monoisotopic (exact) mass is 586 g/mol. The average Bonchev–Trinajstić information content (AvgIpc) is 2.89. The smallest absolute Gasteiger partial charge is 0.168 e. The number of nitrogens with two attached hydrogens (primary N) is 1. The lowest BCUT2D eigenvalue weighted by Gasteiger charge is -2.09. The topological polar surface area (TPSA) is 111 Å². The van der Waals surface area contributed by atoms with Crippen molar-refractivity contribution in [3.05, 3.63) is 109 Å². The van der Waals surface area contributed by atoms with E-state index in [1.165, 1.54) is 11.1 Å². The molecule has 4 rings (SSSR count). The number of aromatic nitrogens is 2. The van der Waals surface area contributed by atoms with Crippen molar-refractivity contribution in [3.8, 4) is 12.1 Å². The Morgan fingerprint density at radius 2 is 1.21 bits per heavy atom. The van der Waals surface area contributed by atoms with Crippen LogP contribution >= 0.6 is 34.8 Å². The first-order valence-electron chi connectivity index (χ1n) is 11.2. The van der Waals surface area contributed by atoms with Crippen molar-refractivity contribution in [2.24, 2.45) is 0 Å². The first-order valence-corrected chi connectivity index (χ1v) is 12.3. The highest BCUT2D eigenvalue weighted by Gasteiger charge is 2.11. The van der Waals surface area contributed by atoms with Gasteiger partial charge in [0.25, 0.3) is 0 Å². The molecule has 0 bridgehead atoms. The Balaban J connectivity index is 0.000000226. The predicted octanol–water partition coefficient (Wildman–Crippen LogP) is 8.39. The standard InChI is InChI=1S/C14H11ClFN3.C8H11N.C6HCl2FN2/c1-8-3-4-11(5-9(8)2)18-14-12(16)6-10(7-17)13(15)19-14;1-6-3-4-8(9)5-7(6)2;7-5-3(2-10)1-4(9)6(8)11-5/h3-6H,1-2H3,(H,18,19);3-5H,9H2,1-2H3;1H. The number of hydrogen-bond donors (Lipinski definition) is 2. The summed E-state index contributed by atoms with van der Waals surface area (Å²) in [5, 5.41) is 19.5. The fraction of sp³-hybridized carbons (Fsp3) is 0.143. The maximum atomic E-state index is 13.7. The van der Waals surface area contributed by atoms with Crippen LogP contribution in [0.15, 0.2) is 48.5 Å². The minimum absolute atomic E-state index is 0.00672. The van der Waals surface area contributed by atoms with E-state index in [1.54, 1.807) is 12.1 Å². The van der Waals surface area contributed by atoms with Gasteiger partial charge in [-0.05, 0) is 86.3 Å². The predicted molar refractivity (Wildman–Crippen MR) is 152 cm³/mol. The second-order valence-electron chi connectivity index (χ2n) is 8.25. The molecule has 0 saturated heterocycles. The summed E-state index contributed by atoms with van der Waals surface area (Å²) in [6.07, 6.45) is 0. The van der Waals surface area contributed by atoms with Gasteiger partial charge in [0.05, 0.1) is 11.1 Å². The second-order valence-corrected chi connectivity index (χ2v) is 9.32. The van der Waals surface area contributed by atoms with Crippen LogP contribution < -0.4 is 11.1 Å². The lowest BCUT2D eigenvalue weighted by atomic mass is 10.1. The summed E-state index contributed by atoms with van der Waals surface area (Å²) in [5.41, 5.74) is 11.9. The van der Waals surface area contributed by atoms with Gasteiger partial charge in [0, 0.05) is 11.4 Å². The van der Waals surface area contributed by atoms with Gasteiger partial charge in [0.2, 0.25) is 0 Å². The van der Waals surface area contributed by atoms with Crippen molar-refractivity contribution in [1.29, 1.82) is 10.5 Å². The van der Waals surface area contributed by atoms with E-state index in [2.05, 4.69) is 29.1 Å². The van der Waals surface area contributed by atoms with Gasteiger partial charge in [-0.15, -0.1) is 0 Å². The Kier molecular flexibility index (Phi) is 11.4. The maximum Gasteiger partial charge on any atom is 0.168 e. The second kappa shape index (κ2) is 14.3. The fourth-order valence-corrected chi connectivity index (χ4v) is 3.42. The molecule has 11 heteroatoms. The molecule has 0 aliphatic rings. The van der Waals surface area contributed by atoms with E-state index in [9.17, 15) is 8.78 Å². The van der Waals surface area contributed by atoms with Crippen LogP contribution in [-0.2, 0) is 0 Å². The summed E-state index contributed by atoms with van der Waals surface area (Å²) in [6.45, 7) is 8.10. The molecule has 0 fully saturated rings. The van der Waals surface area contributed by atoms with Crippen molar-refractivity contribution < 1.29 is 8.78 Å². The molecule has 0 radical (unpaired) electrons. The van der Waals surface area contributed by atoms with Gasteiger partial charge >= 0.3 is 0 Å². The Labute approximate surface area is 240 Å². The van der Waals surface area contributed by atoms with Crippen LogP contribution in [0.25, 0.3) is 0 Å². The minimum atomic E-state index is -0.743. The largest absolute Gasteiger partial charge is 0.399 e. The number of aryl methyl sites for hydroxylation is 4. The molecule has 0 amide bonds. The molecule has 4 aromatic rings. The average molecular weight is 588 g/mol. The maximum absolute atomic E-state index is 13.7. The number of anilines is 3. The molecular formula is C28H23Cl3F2N6. The Morgan fingerprint density at radius 1 is 0.692 bits per heavy atom. The van der Waals surface area contributed by atoms with E-state index in [1.807, 2.05) is 50.2 Å². The zero-order valence-electron chi connectivity index (χ0n) is 21.4. The van der Waals surface area contributed by atoms with Gasteiger partial charge in [0.1, 0.15) is 22.4 Å².